The van der Waals surface area contributed by atoms with E-state index < -0.39 is 0 Å². The third-order valence-corrected chi connectivity index (χ3v) is 5.82. The van der Waals surface area contributed by atoms with Crippen LogP contribution in [0.25, 0.3) is 0 Å². The Kier molecular flexibility index (Phi) is 8.68. The van der Waals surface area contributed by atoms with E-state index in [2.05, 4.69) is 59.0 Å². The van der Waals surface area contributed by atoms with E-state index in [1.165, 1.54) is 5.56 Å². The Morgan fingerprint density at radius 3 is 2.25 bits per heavy atom. The van der Waals surface area contributed by atoms with Gasteiger partial charge in [0.1, 0.15) is 0 Å². The number of rotatable bonds is 8. The zero-order valence-corrected chi connectivity index (χ0v) is 19.4. The molecule has 6 nitrogen and oxygen atoms in total. The van der Waals surface area contributed by atoms with Gasteiger partial charge in [-0.1, -0.05) is 56.3 Å². The molecule has 1 atom stereocenters. The van der Waals surface area contributed by atoms with Gasteiger partial charge >= 0.3 is 6.03 Å². The van der Waals surface area contributed by atoms with Crippen molar-refractivity contribution in [2.75, 3.05) is 25.0 Å². The number of carbonyl (C=O) groups is 2. The summed E-state index contributed by atoms with van der Waals surface area (Å²) in [5.41, 5.74) is 3.23. The summed E-state index contributed by atoms with van der Waals surface area (Å²) in [5, 5.41) is 9.00. The lowest BCUT2D eigenvalue weighted by Gasteiger charge is -2.32. The van der Waals surface area contributed by atoms with E-state index in [1.54, 1.807) is 0 Å². The summed E-state index contributed by atoms with van der Waals surface area (Å²) in [7, 11) is 0. The number of benzene rings is 2. The molecule has 172 valence electrons. The highest BCUT2D eigenvalue weighted by molar-refractivity contribution is 5.89. The van der Waals surface area contributed by atoms with Crippen LogP contribution in [-0.4, -0.2) is 42.5 Å². The van der Waals surface area contributed by atoms with E-state index in [1.807, 2.05) is 37.3 Å². The van der Waals surface area contributed by atoms with Crippen LogP contribution >= 0.6 is 0 Å². The second-order valence-electron chi connectivity index (χ2n) is 9.14. The Bertz CT molecular complexity index is 859. The van der Waals surface area contributed by atoms with Gasteiger partial charge in [-0.25, -0.2) is 4.79 Å². The summed E-state index contributed by atoms with van der Waals surface area (Å²) in [5.74, 6) is 0.674. The molecule has 0 spiro atoms. The number of amides is 3. The first kappa shape index (κ1) is 23.8. The molecule has 0 radical (unpaired) electrons. The van der Waals surface area contributed by atoms with Crippen LogP contribution in [-0.2, 0) is 11.2 Å². The van der Waals surface area contributed by atoms with Crippen LogP contribution in [0.4, 0.5) is 10.5 Å². The van der Waals surface area contributed by atoms with Gasteiger partial charge in [-0.2, -0.15) is 0 Å². The lowest BCUT2D eigenvalue weighted by molar-refractivity contribution is -0.123. The van der Waals surface area contributed by atoms with Gasteiger partial charge < -0.3 is 16.0 Å². The maximum atomic E-state index is 12.5. The molecule has 1 saturated heterocycles. The van der Waals surface area contributed by atoms with Gasteiger partial charge in [0.15, 0.2) is 0 Å². The van der Waals surface area contributed by atoms with Crippen LogP contribution in [0.5, 0.6) is 0 Å². The highest BCUT2D eigenvalue weighted by Gasteiger charge is 2.22. The Balaban J connectivity index is 1.37. The number of carbonyl (C=O) groups excluding carboxylic acids is 2. The first-order valence-corrected chi connectivity index (χ1v) is 11.6. The molecule has 2 aromatic carbocycles. The molecule has 1 unspecified atom stereocenters. The highest BCUT2D eigenvalue weighted by Crippen LogP contribution is 2.16. The smallest absolute Gasteiger partial charge is 0.319 e. The van der Waals surface area contributed by atoms with E-state index in [0.29, 0.717) is 12.5 Å². The van der Waals surface area contributed by atoms with Crippen molar-refractivity contribution in [3.8, 4) is 0 Å². The minimum Gasteiger partial charge on any atom is -0.348 e. The van der Waals surface area contributed by atoms with Crippen LogP contribution < -0.4 is 16.0 Å². The van der Waals surface area contributed by atoms with Crippen LogP contribution in [0.1, 0.15) is 50.8 Å². The van der Waals surface area contributed by atoms with Gasteiger partial charge in [-0.05, 0) is 55.4 Å². The van der Waals surface area contributed by atoms with Gasteiger partial charge in [0.05, 0.1) is 12.6 Å². The number of hydrogen-bond donors (Lipinski definition) is 3. The molecule has 0 bridgehead atoms. The summed E-state index contributed by atoms with van der Waals surface area (Å²) < 4.78 is 0. The van der Waals surface area contributed by atoms with Crippen LogP contribution in [0, 0.1) is 5.92 Å². The molecule has 3 rings (SSSR count). The molecule has 1 aliphatic heterocycles. The molecule has 32 heavy (non-hydrogen) atoms. The summed E-state index contributed by atoms with van der Waals surface area (Å²) in [6, 6.07) is 17.9. The molecule has 0 saturated carbocycles. The Hall–Kier alpha value is -2.86. The quantitative estimate of drug-likeness (QED) is 0.576. The van der Waals surface area contributed by atoms with E-state index in [4.69, 9.17) is 0 Å². The van der Waals surface area contributed by atoms with E-state index >= 15 is 0 Å². The molecule has 6 heteroatoms. The average Bonchev–Trinajstić information content (AvgIpc) is 2.76. The molecule has 0 aromatic heterocycles. The number of anilines is 1. The minimum absolute atomic E-state index is 0.0171. The summed E-state index contributed by atoms with van der Waals surface area (Å²) >= 11 is 0. The van der Waals surface area contributed by atoms with Gasteiger partial charge in [0.2, 0.25) is 5.91 Å². The first-order valence-electron chi connectivity index (χ1n) is 11.6. The Morgan fingerprint density at radius 2 is 1.62 bits per heavy atom. The lowest BCUT2D eigenvalue weighted by atomic mass is 10.00. The molecule has 0 aliphatic carbocycles. The van der Waals surface area contributed by atoms with Crippen LogP contribution in [0.3, 0.4) is 0 Å². The molecular formula is C26H36N4O2. The Morgan fingerprint density at radius 1 is 0.969 bits per heavy atom. The monoisotopic (exact) mass is 436 g/mol. The van der Waals surface area contributed by atoms with Crippen LogP contribution in [0.2, 0.25) is 0 Å². The fourth-order valence-corrected chi connectivity index (χ4v) is 4.10. The number of urea groups is 1. The predicted octanol–water partition coefficient (Wildman–Crippen LogP) is 4.35. The number of likely N-dealkylation sites (tertiary alicyclic amines) is 1. The van der Waals surface area contributed by atoms with E-state index in [0.717, 1.165) is 43.6 Å². The van der Waals surface area contributed by atoms with Crippen LogP contribution in [0.15, 0.2) is 54.6 Å². The zero-order chi connectivity index (χ0) is 22.9. The van der Waals surface area contributed by atoms with Crippen molar-refractivity contribution in [1.82, 2.24) is 15.5 Å². The van der Waals surface area contributed by atoms with Crippen molar-refractivity contribution < 1.29 is 9.59 Å². The van der Waals surface area contributed by atoms with Gasteiger partial charge in [0, 0.05) is 24.8 Å². The molecule has 1 heterocycles. The second kappa shape index (κ2) is 11.7. The van der Waals surface area contributed by atoms with E-state index in [-0.39, 0.29) is 24.0 Å². The number of nitrogens with zero attached hydrogens (tertiary/aromatic N) is 1. The standard InChI is InChI=1S/C26H36N4O2/c1-19(2)17-21-9-11-22(12-10-21)20(3)27-25(31)18-30-15-13-24(14-16-30)29-26(32)28-23-7-5-4-6-8-23/h4-12,19-20,24H,13-18H2,1-3H3,(H,27,31)(H2,28,29,32). The maximum absolute atomic E-state index is 12.5. The van der Waals surface area contributed by atoms with Crippen molar-refractivity contribution >= 4 is 17.6 Å². The third-order valence-electron chi connectivity index (χ3n) is 5.82. The molecule has 1 aliphatic rings. The summed E-state index contributed by atoms with van der Waals surface area (Å²) in [6.45, 7) is 8.43. The number of hydrogen-bond acceptors (Lipinski definition) is 3. The maximum Gasteiger partial charge on any atom is 0.319 e. The van der Waals surface area contributed by atoms with Gasteiger partial charge in [0.25, 0.3) is 0 Å². The van der Waals surface area contributed by atoms with Crippen molar-refractivity contribution in [1.29, 1.82) is 0 Å². The molecule has 2 aromatic rings. The fourth-order valence-electron chi connectivity index (χ4n) is 4.10. The number of para-hydroxylation sites is 1. The second-order valence-corrected chi connectivity index (χ2v) is 9.14. The predicted molar refractivity (Wildman–Crippen MR) is 130 cm³/mol. The molecule has 1 fully saturated rings. The van der Waals surface area contributed by atoms with Gasteiger partial charge in [-0.15, -0.1) is 0 Å². The number of piperidine rings is 1. The lowest BCUT2D eigenvalue weighted by Crippen LogP contribution is -2.48. The van der Waals surface area contributed by atoms with Crippen molar-refractivity contribution in [2.45, 2.75) is 52.1 Å². The molecule has 3 amide bonds. The summed E-state index contributed by atoms with van der Waals surface area (Å²) in [4.78, 5) is 26.9. The van der Waals surface area contributed by atoms with Crippen molar-refractivity contribution in [3.05, 3.63) is 65.7 Å². The summed E-state index contributed by atoms with van der Waals surface area (Å²) in [6.07, 6.45) is 2.74. The molecule has 3 N–H and O–H groups in total. The average molecular weight is 437 g/mol. The van der Waals surface area contributed by atoms with E-state index in [9.17, 15) is 9.59 Å². The van der Waals surface area contributed by atoms with Gasteiger partial charge in [-0.3, -0.25) is 9.69 Å². The normalized spacial score (nSPS) is 15.9. The van der Waals surface area contributed by atoms with Crippen molar-refractivity contribution in [3.63, 3.8) is 0 Å². The first-order chi connectivity index (χ1) is 15.4. The fraction of sp³-hybridized carbons (Fsp3) is 0.462. The zero-order valence-electron chi connectivity index (χ0n) is 19.4. The highest BCUT2D eigenvalue weighted by atomic mass is 16.2. The largest absolute Gasteiger partial charge is 0.348 e. The minimum atomic E-state index is -0.180. The number of nitrogens with one attached hydrogen (secondary N) is 3. The molecular weight excluding hydrogens is 400 g/mol. The SMILES string of the molecule is CC(C)Cc1ccc(C(C)NC(=O)CN2CCC(NC(=O)Nc3ccccc3)CC2)cc1. The third kappa shape index (κ3) is 7.68. The van der Waals surface area contributed by atoms with Crippen molar-refractivity contribution in [2.24, 2.45) is 5.92 Å². The topological polar surface area (TPSA) is 73.5 Å². The Labute approximate surface area is 191 Å².